The smallest absolute Gasteiger partial charge is 0.368 e. The summed E-state index contributed by atoms with van der Waals surface area (Å²) in [5.41, 5.74) is 0.757. The van der Waals surface area contributed by atoms with Crippen molar-refractivity contribution in [2.24, 2.45) is 0 Å². The monoisotopic (exact) mass is 375 g/mol. The summed E-state index contributed by atoms with van der Waals surface area (Å²) < 4.78 is 38.9. The van der Waals surface area contributed by atoms with Crippen molar-refractivity contribution in [3.05, 3.63) is 35.2 Å². The molecule has 1 aliphatic rings. The molecule has 1 aromatic carbocycles. The predicted molar refractivity (Wildman–Crippen MR) is 98.1 cm³/mol. The minimum absolute atomic E-state index is 0.0819. The number of hydrogen-bond donors (Lipinski definition) is 0. The number of anilines is 1. The zero-order valence-corrected chi connectivity index (χ0v) is 15.9. The van der Waals surface area contributed by atoms with Gasteiger partial charge in [-0.15, -0.1) is 11.6 Å². The van der Waals surface area contributed by atoms with Crippen LogP contribution in [-0.2, 0) is 12.1 Å². The molecule has 1 saturated heterocycles. The largest absolute Gasteiger partial charge is 0.416 e. The van der Waals surface area contributed by atoms with Gasteiger partial charge in [0.1, 0.15) is 0 Å². The van der Waals surface area contributed by atoms with E-state index in [1.54, 1.807) is 6.07 Å². The van der Waals surface area contributed by atoms with E-state index in [4.69, 9.17) is 11.6 Å². The van der Waals surface area contributed by atoms with E-state index in [0.717, 1.165) is 44.7 Å². The van der Waals surface area contributed by atoms with Crippen LogP contribution in [0.4, 0.5) is 18.9 Å². The summed E-state index contributed by atoms with van der Waals surface area (Å²) in [6.45, 7) is 10.1. The fourth-order valence-corrected chi connectivity index (χ4v) is 3.82. The molecule has 1 radical (unpaired) electrons. The lowest BCUT2D eigenvalue weighted by Crippen LogP contribution is -2.46. The van der Waals surface area contributed by atoms with Gasteiger partial charge in [0.2, 0.25) is 0 Å². The Bertz CT molecular complexity index is 552. The highest BCUT2D eigenvalue weighted by Gasteiger charge is 2.32. The van der Waals surface area contributed by atoms with Crippen LogP contribution in [-0.4, -0.2) is 37.1 Å². The Morgan fingerprint density at radius 1 is 1.24 bits per heavy atom. The minimum atomic E-state index is -4.34. The second-order valence-electron chi connectivity index (χ2n) is 6.98. The molecule has 2 nitrogen and oxygen atoms in total. The van der Waals surface area contributed by atoms with Crippen molar-refractivity contribution in [1.82, 2.24) is 4.90 Å². The Hall–Kier alpha value is -0.940. The maximum atomic E-state index is 13.0. The summed E-state index contributed by atoms with van der Waals surface area (Å²) in [7, 11) is 0. The van der Waals surface area contributed by atoms with Gasteiger partial charge in [-0.1, -0.05) is 13.8 Å². The van der Waals surface area contributed by atoms with Crippen molar-refractivity contribution in [3.8, 4) is 0 Å². The molecule has 0 bridgehead atoms. The number of rotatable bonds is 6. The van der Waals surface area contributed by atoms with Crippen molar-refractivity contribution in [1.29, 1.82) is 0 Å². The first-order valence-electron chi connectivity index (χ1n) is 8.80. The van der Waals surface area contributed by atoms with E-state index in [1.807, 2.05) is 6.92 Å². The Morgan fingerprint density at radius 2 is 1.88 bits per heavy atom. The third-order valence-corrected chi connectivity index (χ3v) is 5.03. The highest BCUT2D eigenvalue weighted by atomic mass is 35.5. The second-order valence-corrected chi connectivity index (χ2v) is 7.24. The van der Waals surface area contributed by atoms with Gasteiger partial charge in [0, 0.05) is 43.8 Å². The Morgan fingerprint density at radius 3 is 2.36 bits per heavy atom. The lowest BCUT2D eigenvalue weighted by molar-refractivity contribution is -0.137. The average molecular weight is 376 g/mol. The molecule has 0 saturated carbocycles. The molecule has 1 aliphatic heterocycles. The van der Waals surface area contributed by atoms with E-state index >= 15 is 0 Å². The first-order valence-corrected chi connectivity index (χ1v) is 9.33. The molecule has 0 unspecified atom stereocenters. The van der Waals surface area contributed by atoms with Crippen molar-refractivity contribution in [2.75, 3.05) is 31.1 Å². The highest BCUT2D eigenvalue weighted by Crippen LogP contribution is 2.35. The van der Waals surface area contributed by atoms with Crippen LogP contribution in [0, 0.1) is 5.92 Å². The number of alkyl halides is 4. The molecule has 0 aromatic heterocycles. The topological polar surface area (TPSA) is 6.48 Å². The summed E-state index contributed by atoms with van der Waals surface area (Å²) in [6.07, 6.45) is -2.30. The Balaban J connectivity index is 2.15. The molecular formula is C19H27ClF3N2. The standard InChI is InChI=1S/C19H27ClF3N2/c1-4-25(17-7-9-24(10-8-17)13-14(2)3)18-6-5-16(19(21,22)23)11-15(18)12-20/h5-6,11,17H,4,7-10,12-13H2,1-3H3. The molecule has 1 fully saturated rings. The quantitative estimate of drug-likeness (QED) is 0.618. The van der Waals surface area contributed by atoms with E-state index in [1.165, 1.54) is 18.1 Å². The summed E-state index contributed by atoms with van der Waals surface area (Å²) >= 11 is 5.97. The Kier molecular flexibility index (Phi) is 7.03. The predicted octanol–water partition coefficient (Wildman–Crippen LogP) is 5.35. The van der Waals surface area contributed by atoms with Crippen LogP contribution in [0.3, 0.4) is 0 Å². The number of piperidine rings is 1. The molecule has 25 heavy (non-hydrogen) atoms. The fraction of sp³-hybridized carbons (Fsp3) is 0.632. The van der Waals surface area contributed by atoms with Crippen molar-refractivity contribution < 1.29 is 13.2 Å². The van der Waals surface area contributed by atoms with Gasteiger partial charge >= 0.3 is 6.18 Å². The maximum absolute atomic E-state index is 13.0. The van der Waals surface area contributed by atoms with E-state index < -0.39 is 11.7 Å². The molecule has 1 aromatic rings. The van der Waals surface area contributed by atoms with Gasteiger partial charge in [0.15, 0.2) is 0 Å². The van der Waals surface area contributed by atoms with Gasteiger partial charge in [-0.2, -0.15) is 13.2 Å². The summed E-state index contributed by atoms with van der Waals surface area (Å²) in [4.78, 5) is 4.66. The molecular weight excluding hydrogens is 349 g/mol. The molecule has 6 heteroatoms. The van der Waals surface area contributed by atoms with Crippen LogP contribution in [0.1, 0.15) is 44.7 Å². The zero-order valence-electron chi connectivity index (χ0n) is 15.2. The first kappa shape index (κ1) is 20.4. The lowest BCUT2D eigenvalue weighted by atomic mass is 9.99. The van der Waals surface area contributed by atoms with Gasteiger partial charge < -0.3 is 9.80 Å². The normalized spacial score (nSPS) is 17.3. The van der Waals surface area contributed by atoms with Gasteiger partial charge in [0.25, 0.3) is 0 Å². The molecule has 0 aliphatic carbocycles. The van der Waals surface area contributed by atoms with Gasteiger partial charge in [0.05, 0.1) is 5.56 Å². The third-order valence-electron chi connectivity index (χ3n) is 4.74. The molecule has 0 atom stereocenters. The minimum Gasteiger partial charge on any atom is -0.368 e. The number of nitrogens with zero attached hydrogens (tertiary/aromatic N) is 2. The average Bonchev–Trinajstić information content (AvgIpc) is 2.55. The molecule has 141 valence electrons. The highest BCUT2D eigenvalue weighted by molar-refractivity contribution is 6.17. The van der Waals surface area contributed by atoms with Crippen molar-refractivity contribution in [2.45, 2.75) is 51.7 Å². The summed E-state index contributed by atoms with van der Waals surface area (Å²) in [5, 5.41) is 0. The van der Waals surface area contributed by atoms with E-state index in [2.05, 4.69) is 23.6 Å². The molecule has 2 rings (SSSR count). The second kappa shape index (κ2) is 8.63. The van der Waals surface area contributed by atoms with Crippen LogP contribution in [0.2, 0.25) is 0 Å². The molecule has 0 spiro atoms. The number of benzene rings is 1. The van der Waals surface area contributed by atoms with Crippen LogP contribution >= 0.6 is 11.6 Å². The van der Waals surface area contributed by atoms with Crippen LogP contribution in [0.5, 0.6) is 0 Å². The summed E-state index contributed by atoms with van der Waals surface area (Å²) in [6, 6.07) is 4.28. The molecule has 0 N–H and O–H groups in total. The number of likely N-dealkylation sites (tertiary alicyclic amines) is 1. The van der Waals surface area contributed by atoms with E-state index in [0.29, 0.717) is 11.6 Å². The Labute approximate surface area is 153 Å². The fourth-order valence-electron chi connectivity index (χ4n) is 3.61. The van der Waals surface area contributed by atoms with Gasteiger partial charge in [-0.05, 0) is 49.4 Å². The van der Waals surface area contributed by atoms with E-state index in [-0.39, 0.29) is 5.88 Å². The van der Waals surface area contributed by atoms with Gasteiger partial charge in [-0.25, -0.2) is 0 Å². The summed E-state index contributed by atoms with van der Waals surface area (Å²) in [5.74, 6) is 1.48. The van der Waals surface area contributed by atoms with Crippen LogP contribution < -0.4 is 4.90 Å². The lowest BCUT2D eigenvalue weighted by Gasteiger charge is -2.40. The van der Waals surface area contributed by atoms with Crippen LogP contribution in [0.25, 0.3) is 0 Å². The maximum Gasteiger partial charge on any atom is 0.416 e. The SMILES string of the molecule is CCN(c1ccc(C(F)(F)F)cc1CCl)C1CCN(C[C](C)C)CC1. The number of hydrogen-bond acceptors (Lipinski definition) is 2. The van der Waals surface area contributed by atoms with Crippen molar-refractivity contribution in [3.63, 3.8) is 0 Å². The first-order chi connectivity index (χ1) is 11.8. The van der Waals surface area contributed by atoms with Crippen LogP contribution in [0.15, 0.2) is 18.2 Å². The van der Waals surface area contributed by atoms with Crippen molar-refractivity contribution >= 4 is 17.3 Å². The van der Waals surface area contributed by atoms with E-state index in [9.17, 15) is 13.2 Å². The molecule has 1 heterocycles. The zero-order chi connectivity index (χ0) is 18.6. The number of halogens is 4. The molecule has 0 amide bonds. The third kappa shape index (κ3) is 5.27. The van der Waals surface area contributed by atoms with Gasteiger partial charge in [-0.3, -0.25) is 0 Å².